The van der Waals surface area contributed by atoms with Crippen molar-refractivity contribution < 1.29 is 14.5 Å². The number of alkyl carbamates (subject to hydrolysis) is 1. The van der Waals surface area contributed by atoms with Crippen molar-refractivity contribution in [1.29, 1.82) is 0 Å². The molecule has 0 bridgehead atoms. The first-order chi connectivity index (χ1) is 9.19. The zero-order valence-corrected chi connectivity index (χ0v) is 13.1. The van der Waals surface area contributed by atoms with E-state index in [1.807, 2.05) is 0 Å². The van der Waals surface area contributed by atoms with Gasteiger partial charge < -0.3 is 10.1 Å². The van der Waals surface area contributed by atoms with E-state index in [2.05, 4.69) is 21.2 Å². The number of hydrogen-bond acceptors (Lipinski definition) is 4. The number of amides is 1. The van der Waals surface area contributed by atoms with Gasteiger partial charge in [-0.25, -0.2) is 4.79 Å². The van der Waals surface area contributed by atoms with Gasteiger partial charge in [0.2, 0.25) is 6.54 Å². The normalized spacial score (nSPS) is 12.6. The predicted molar refractivity (Wildman–Crippen MR) is 78.1 cm³/mol. The van der Waals surface area contributed by atoms with Gasteiger partial charge in [-0.15, -0.1) is 0 Å². The van der Waals surface area contributed by atoms with Crippen LogP contribution in [0.4, 0.5) is 4.79 Å². The van der Waals surface area contributed by atoms with Crippen LogP contribution in [0.1, 0.15) is 32.4 Å². The Kier molecular flexibility index (Phi) is 5.50. The van der Waals surface area contributed by atoms with Crippen LogP contribution in [0.5, 0.6) is 0 Å². The van der Waals surface area contributed by atoms with E-state index in [4.69, 9.17) is 4.74 Å². The summed E-state index contributed by atoms with van der Waals surface area (Å²) >= 11 is 3.32. The van der Waals surface area contributed by atoms with Crippen molar-refractivity contribution in [1.82, 2.24) is 5.32 Å². The third-order valence-corrected chi connectivity index (χ3v) is 3.03. The molecule has 1 aromatic rings. The predicted octanol–water partition coefficient (Wildman–Crippen LogP) is 3.29. The maximum absolute atomic E-state index is 11.8. The third-order valence-electron chi connectivity index (χ3n) is 2.30. The molecule has 0 aromatic heterocycles. The van der Waals surface area contributed by atoms with Gasteiger partial charge in [0.25, 0.3) is 0 Å². The summed E-state index contributed by atoms with van der Waals surface area (Å²) in [6.07, 6.45) is -0.680. The van der Waals surface area contributed by atoms with Crippen molar-refractivity contribution in [2.75, 3.05) is 6.54 Å². The molecule has 0 aliphatic heterocycles. The minimum atomic E-state index is -0.754. The summed E-state index contributed by atoms with van der Waals surface area (Å²) in [6.45, 7) is 4.77. The number of rotatable bonds is 4. The van der Waals surface area contributed by atoms with Crippen LogP contribution in [-0.4, -0.2) is 23.2 Å². The van der Waals surface area contributed by atoms with Crippen molar-refractivity contribution in [2.24, 2.45) is 0 Å². The van der Waals surface area contributed by atoms with Crippen LogP contribution in [0, 0.1) is 10.1 Å². The highest BCUT2D eigenvalue weighted by atomic mass is 79.9. The summed E-state index contributed by atoms with van der Waals surface area (Å²) < 4.78 is 5.82. The lowest BCUT2D eigenvalue weighted by atomic mass is 10.1. The number of halogens is 1. The number of hydrogen-bond donors (Lipinski definition) is 1. The molecule has 1 amide bonds. The molecule has 1 atom stereocenters. The average Bonchev–Trinajstić information content (AvgIpc) is 2.25. The van der Waals surface area contributed by atoms with Gasteiger partial charge in [0.1, 0.15) is 11.6 Å². The first-order valence-corrected chi connectivity index (χ1v) is 6.84. The van der Waals surface area contributed by atoms with Gasteiger partial charge in [-0.1, -0.05) is 34.1 Å². The summed E-state index contributed by atoms with van der Waals surface area (Å²) in [4.78, 5) is 22.1. The Morgan fingerprint density at radius 1 is 1.45 bits per heavy atom. The van der Waals surface area contributed by atoms with Gasteiger partial charge in [0, 0.05) is 9.40 Å². The maximum Gasteiger partial charge on any atom is 0.408 e. The highest BCUT2D eigenvalue weighted by Gasteiger charge is 2.25. The van der Waals surface area contributed by atoms with Gasteiger partial charge in [0.05, 0.1) is 0 Å². The van der Waals surface area contributed by atoms with Crippen LogP contribution in [0.15, 0.2) is 28.7 Å². The minimum absolute atomic E-state index is 0.415. The van der Waals surface area contributed by atoms with Crippen LogP contribution in [0.3, 0.4) is 0 Å². The van der Waals surface area contributed by atoms with E-state index < -0.39 is 29.2 Å². The van der Waals surface area contributed by atoms with Crippen LogP contribution in [0.25, 0.3) is 0 Å². The number of carbonyl (C=O) groups excluding carboxylic acids is 1. The second kappa shape index (κ2) is 6.69. The van der Waals surface area contributed by atoms with Crippen molar-refractivity contribution in [3.8, 4) is 0 Å². The second-order valence-corrected chi connectivity index (χ2v) is 6.09. The molecular weight excluding hydrogens is 328 g/mol. The van der Waals surface area contributed by atoms with Crippen molar-refractivity contribution in [3.63, 3.8) is 0 Å². The van der Waals surface area contributed by atoms with E-state index in [0.29, 0.717) is 10.0 Å². The number of benzene rings is 1. The fraction of sp³-hybridized carbons (Fsp3) is 0.462. The number of ether oxygens (including phenoxy) is 1. The SMILES string of the molecule is CC(C)(C)OC(=O)N[C@@H](C[N+](=O)[O-])c1ccccc1Br. The molecule has 0 fully saturated rings. The molecular formula is C13H17BrN2O4. The Morgan fingerprint density at radius 3 is 2.55 bits per heavy atom. The zero-order valence-electron chi connectivity index (χ0n) is 11.6. The lowest BCUT2D eigenvalue weighted by Gasteiger charge is -2.22. The quantitative estimate of drug-likeness (QED) is 0.671. The third kappa shape index (κ3) is 5.56. The molecule has 0 saturated heterocycles. The Bertz CT molecular complexity index is 499. The van der Waals surface area contributed by atoms with Gasteiger partial charge in [-0.2, -0.15) is 0 Å². The van der Waals surface area contributed by atoms with E-state index in [-0.39, 0.29) is 0 Å². The molecule has 0 aliphatic carbocycles. The molecule has 7 heteroatoms. The molecule has 0 unspecified atom stereocenters. The van der Waals surface area contributed by atoms with Crippen LogP contribution in [0.2, 0.25) is 0 Å². The first kappa shape index (κ1) is 16.4. The Morgan fingerprint density at radius 2 is 2.05 bits per heavy atom. The maximum atomic E-state index is 11.8. The van der Waals surface area contributed by atoms with E-state index in [9.17, 15) is 14.9 Å². The van der Waals surface area contributed by atoms with Crippen LogP contribution < -0.4 is 5.32 Å². The zero-order chi connectivity index (χ0) is 15.3. The van der Waals surface area contributed by atoms with Gasteiger partial charge in [0.15, 0.2) is 0 Å². The fourth-order valence-corrected chi connectivity index (χ4v) is 2.14. The molecule has 110 valence electrons. The minimum Gasteiger partial charge on any atom is -0.444 e. The molecule has 0 heterocycles. The van der Waals surface area contributed by atoms with Crippen LogP contribution in [-0.2, 0) is 4.74 Å². The first-order valence-electron chi connectivity index (χ1n) is 6.05. The topological polar surface area (TPSA) is 81.5 Å². The number of nitrogens with one attached hydrogen (secondary N) is 1. The monoisotopic (exact) mass is 344 g/mol. The number of nitro groups is 1. The highest BCUT2D eigenvalue weighted by Crippen LogP contribution is 2.23. The molecule has 0 spiro atoms. The van der Waals surface area contributed by atoms with E-state index in [1.54, 1.807) is 45.0 Å². The van der Waals surface area contributed by atoms with Crippen molar-refractivity contribution >= 4 is 22.0 Å². The van der Waals surface area contributed by atoms with Gasteiger partial charge in [-0.05, 0) is 32.4 Å². The molecule has 0 saturated carbocycles. The molecule has 0 radical (unpaired) electrons. The summed E-state index contributed by atoms with van der Waals surface area (Å²) in [5, 5.41) is 13.3. The van der Waals surface area contributed by atoms with E-state index >= 15 is 0 Å². The second-order valence-electron chi connectivity index (χ2n) is 5.24. The standard InChI is InChI=1S/C13H17BrN2O4/c1-13(2,3)20-12(17)15-11(8-16(18)19)9-6-4-5-7-10(9)14/h4-7,11H,8H2,1-3H3,(H,15,17)/t11-/m0/s1. The Balaban J connectivity index is 2.88. The van der Waals surface area contributed by atoms with E-state index in [1.165, 1.54) is 0 Å². The Labute approximate surface area is 125 Å². The lowest BCUT2D eigenvalue weighted by Crippen LogP contribution is -2.37. The molecule has 1 N–H and O–H groups in total. The molecule has 1 aromatic carbocycles. The highest BCUT2D eigenvalue weighted by molar-refractivity contribution is 9.10. The largest absolute Gasteiger partial charge is 0.444 e. The molecule has 0 aliphatic rings. The van der Waals surface area contributed by atoms with Crippen molar-refractivity contribution in [2.45, 2.75) is 32.4 Å². The molecule has 6 nitrogen and oxygen atoms in total. The summed E-state index contributed by atoms with van der Waals surface area (Å²) in [7, 11) is 0. The smallest absolute Gasteiger partial charge is 0.408 e. The Hall–Kier alpha value is -1.63. The summed E-state index contributed by atoms with van der Waals surface area (Å²) in [5.41, 5.74) is -0.0213. The molecule has 1 rings (SSSR count). The fourth-order valence-electron chi connectivity index (χ4n) is 1.58. The lowest BCUT2D eigenvalue weighted by molar-refractivity contribution is -0.484. The van der Waals surface area contributed by atoms with Gasteiger partial charge in [-0.3, -0.25) is 10.1 Å². The number of nitrogens with zero attached hydrogens (tertiary/aromatic N) is 1. The van der Waals surface area contributed by atoms with E-state index in [0.717, 1.165) is 0 Å². The molecule has 20 heavy (non-hydrogen) atoms. The average molecular weight is 345 g/mol. The number of carbonyl (C=O) groups is 1. The van der Waals surface area contributed by atoms with Crippen LogP contribution >= 0.6 is 15.9 Å². The van der Waals surface area contributed by atoms with Crippen molar-refractivity contribution in [3.05, 3.63) is 44.4 Å². The van der Waals surface area contributed by atoms with Gasteiger partial charge >= 0.3 is 6.09 Å². The summed E-state index contributed by atoms with van der Waals surface area (Å²) in [6, 6.07) is 6.28. The summed E-state index contributed by atoms with van der Waals surface area (Å²) in [5.74, 6) is 0.